The molecule has 1 saturated heterocycles. The molecule has 0 saturated carbocycles. The normalized spacial score (nSPS) is 23.0. The van der Waals surface area contributed by atoms with E-state index in [4.69, 9.17) is 4.74 Å². The van der Waals surface area contributed by atoms with Crippen LogP contribution in [0, 0.1) is 5.92 Å². The second-order valence-corrected chi connectivity index (χ2v) is 5.77. The van der Waals surface area contributed by atoms with Crippen LogP contribution in [0.3, 0.4) is 0 Å². The Morgan fingerprint density at radius 1 is 1.33 bits per heavy atom. The molecule has 1 aliphatic rings. The average Bonchev–Trinajstić information content (AvgIpc) is 2.80. The molecular weight excluding hydrogens is 266 g/mol. The smallest absolute Gasteiger partial charge is 0.417 e. The Kier molecular flexibility index (Phi) is 4.99. The largest absolute Gasteiger partial charge is 0.439 e. The molecule has 1 fully saturated rings. The highest BCUT2D eigenvalue weighted by molar-refractivity contribution is 5.93. The lowest BCUT2D eigenvalue weighted by Crippen LogP contribution is -2.37. The van der Waals surface area contributed by atoms with Gasteiger partial charge in [0.2, 0.25) is 5.91 Å². The highest BCUT2D eigenvalue weighted by Crippen LogP contribution is 2.32. The molecule has 4 heteroatoms. The molecule has 1 aromatic carbocycles. The van der Waals surface area contributed by atoms with Crippen molar-refractivity contribution in [3.63, 3.8) is 0 Å². The van der Waals surface area contributed by atoms with E-state index < -0.39 is 6.09 Å². The van der Waals surface area contributed by atoms with Crippen molar-refractivity contribution in [2.75, 3.05) is 0 Å². The highest BCUT2D eigenvalue weighted by Gasteiger charge is 2.42. The van der Waals surface area contributed by atoms with Gasteiger partial charge in [0.1, 0.15) is 6.10 Å². The molecule has 1 aliphatic heterocycles. The second-order valence-electron chi connectivity index (χ2n) is 5.77. The van der Waals surface area contributed by atoms with Crippen LogP contribution in [0.25, 0.3) is 0 Å². The quantitative estimate of drug-likeness (QED) is 0.825. The van der Waals surface area contributed by atoms with Crippen molar-refractivity contribution in [3.8, 4) is 0 Å². The summed E-state index contributed by atoms with van der Waals surface area (Å²) in [7, 11) is 0. The van der Waals surface area contributed by atoms with Gasteiger partial charge in [-0.2, -0.15) is 0 Å². The van der Waals surface area contributed by atoms with Gasteiger partial charge < -0.3 is 4.74 Å². The Hall–Kier alpha value is -1.84. The van der Waals surface area contributed by atoms with Gasteiger partial charge >= 0.3 is 6.09 Å². The number of cyclic esters (lactones) is 1. The lowest BCUT2D eigenvalue weighted by atomic mass is 10.0. The number of benzene rings is 1. The zero-order valence-electron chi connectivity index (χ0n) is 12.9. The van der Waals surface area contributed by atoms with E-state index in [0.717, 1.165) is 18.4 Å². The summed E-state index contributed by atoms with van der Waals surface area (Å²) in [5, 5.41) is 0. The van der Waals surface area contributed by atoms with E-state index in [1.807, 2.05) is 37.3 Å². The van der Waals surface area contributed by atoms with Crippen LogP contribution in [-0.4, -0.2) is 22.9 Å². The van der Waals surface area contributed by atoms with Crippen molar-refractivity contribution in [2.45, 2.75) is 52.2 Å². The van der Waals surface area contributed by atoms with E-state index in [9.17, 15) is 9.59 Å². The number of carbonyl (C=O) groups excluding carboxylic acids is 2. The number of rotatable bonds is 5. The number of ether oxygens (including phenoxy) is 1. The molecule has 0 N–H and O–H groups in total. The van der Waals surface area contributed by atoms with Crippen LogP contribution in [0.15, 0.2) is 30.3 Å². The van der Waals surface area contributed by atoms with Gasteiger partial charge in [0.05, 0.1) is 6.04 Å². The van der Waals surface area contributed by atoms with Crippen LogP contribution < -0.4 is 0 Å². The van der Waals surface area contributed by atoms with Crippen LogP contribution >= 0.6 is 0 Å². The van der Waals surface area contributed by atoms with E-state index in [0.29, 0.717) is 12.3 Å². The Labute approximate surface area is 126 Å². The average molecular weight is 289 g/mol. The molecule has 0 aliphatic carbocycles. The van der Waals surface area contributed by atoms with Gasteiger partial charge in [0, 0.05) is 6.42 Å². The first-order valence-corrected chi connectivity index (χ1v) is 7.62. The third-order valence-electron chi connectivity index (χ3n) is 4.21. The van der Waals surface area contributed by atoms with Gasteiger partial charge in [0.15, 0.2) is 0 Å². The summed E-state index contributed by atoms with van der Waals surface area (Å²) in [4.78, 5) is 25.6. The van der Waals surface area contributed by atoms with Crippen LogP contribution in [-0.2, 0) is 9.53 Å². The Balaban J connectivity index is 2.04. The number of hydrogen-bond donors (Lipinski definition) is 0. The highest BCUT2D eigenvalue weighted by atomic mass is 16.6. The summed E-state index contributed by atoms with van der Waals surface area (Å²) >= 11 is 0. The molecular formula is C17H23NO3. The molecule has 0 bridgehead atoms. The minimum Gasteiger partial charge on any atom is -0.439 e. The van der Waals surface area contributed by atoms with Gasteiger partial charge in [-0.15, -0.1) is 0 Å². The summed E-state index contributed by atoms with van der Waals surface area (Å²) in [6, 6.07) is 9.31. The number of amides is 2. The second kappa shape index (κ2) is 6.74. The first-order chi connectivity index (χ1) is 10.0. The van der Waals surface area contributed by atoms with E-state index in [2.05, 4.69) is 13.8 Å². The number of imide groups is 1. The lowest BCUT2D eigenvalue weighted by Gasteiger charge is -2.20. The molecule has 0 radical (unpaired) electrons. The van der Waals surface area contributed by atoms with Gasteiger partial charge in [-0.25, -0.2) is 9.69 Å². The maximum absolute atomic E-state index is 12.3. The van der Waals surface area contributed by atoms with E-state index >= 15 is 0 Å². The first-order valence-electron chi connectivity index (χ1n) is 7.62. The van der Waals surface area contributed by atoms with Crippen molar-refractivity contribution >= 4 is 12.0 Å². The van der Waals surface area contributed by atoms with Crippen molar-refractivity contribution in [1.29, 1.82) is 0 Å². The van der Waals surface area contributed by atoms with Crippen molar-refractivity contribution in [2.24, 2.45) is 5.92 Å². The Morgan fingerprint density at radius 3 is 2.62 bits per heavy atom. The lowest BCUT2D eigenvalue weighted by molar-refractivity contribution is -0.129. The molecule has 4 nitrogen and oxygen atoms in total. The zero-order valence-corrected chi connectivity index (χ0v) is 12.9. The van der Waals surface area contributed by atoms with E-state index in [-0.39, 0.29) is 18.1 Å². The fraction of sp³-hybridized carbons (Fsp3) is 0.529. The molecule has 114 valence electrons. The van der Waals surface area contributed by atoms with Gasteiger partial charge in [-0.3, -0.25) is 4.79 Å². The minimum atomic E-state index is -0.523. The van der Waals surface area contributed by atoms with Gasteiger partial charge in [-0.05, 0) is 24.8 Å². The summed E-state index contributed by atoms with van der Waals surface area (Å²) in [6.07, 6.45) is 1.36. The summed E-state index contributed by atoms with van der Waals surface area (Å²) in [5.74, 6) is 0.360. The van der Waals surface area contributed by atoms with Gasteiger partial charge in [-0.1, -0.05) is 50.6 Å². The summed E-state index contributed by atoms with van der Waals surface area (Å²) in [5.41, 5.74) is 0.926. The predicted molar refractivity (Wildman–Crippen MR) is 80.7 cm³/mol. The number of nitrogens with zero attached hydrogens (tertiary/aromatic N) is 1. The minimum absolute atomic E-state index is 0.133. The number of hydrogen-bond acceptors (Lipinski definition) is 3. The molecule has 2 amide bonds. The molecule has 2 rings (SSSR count). The molecule has 21 heavy (non-hydrogen) atoms. The van der Waals surface area contributed by atoms with E-state index in [1.54, 1.807) is 0 Å². The molecule has 3 unspecified atom stereocenters. The van der Waals surface area contributed by atoms with Crippen molar-refractivity contribution in [3.05, 3.63) is 35.9 Å². The Bertz CT molecular complexity index is 500. The Morgan fingerprint density at radius 2 is 2.00 bits per heavy atom. The molecule has 1 heterocycles. The topological polar surface area (TPSA) is 46.6 Å². The van der Waals surface area contributed by atoms with Crippen molar-refractivity contribution < 1.29 is 14.3 Å². The zero-order chi connectivity index (χ0) is 15.4. The maximum atomic E-state index is 12.3. The summed E-state index contributed by atoms with van der Waals surface area (Å²) < 4.78 is 5.39. The standard InChI is InChI=1S/C17H23NO3/c1-4-12(2)10-11-15(19)18-13(3)16(21-17(18)20)14-8-6-5-7-9-14/h5-9,12-13,16H,4,10-11H2,1-3H3. The summed E-state index contributed by atoms with van der Waals surface area (Å²) in [6.45, 7) is 6.09. The van der Waals surface area contributed by atoms with Gasteiger partial charge in [0.25, 0.3) is 0 Å². The molecule has 3 atom stereocenters. The predicted octanol–water partition coefficient (Wildman–Crippen LogP) is 3.92. The third kappa shape index (κ3) is 3.43. The van der Waals surface area contributed by atoms with Crippen LogP contribution in [0.1, 0.15) is 51.7 Å². The maximum Gasteiger partial charge on any atom is 0.417 e. The molecule has 0 aromatic heterocycles. The van der Waals surface area contributed by atoms with E-state index in [1.165, 1.54) is 4.90 Å². The fourth-order valence-electron chi connectivity index (χ4n) is 2.58. The van der Waals surface area contributed by atoms with Crippen LogP contribution in [0.2, 0.25) is 0 Å². The first kappa shape index (κ1) is 15.5. The fourth-order valence-corrected chi connectivity index (χ4v) is 2.58. The van der Waals surface area contributed by atoms with Crippen LogP contribution in [0.5, 0.6) is 0 Å². The van der Waals surface area contributed by atoms with Crippen LogP contribution in [0.4, 0.5) is 4.79 Å². The van der Waals surface area contributed by atoms with Crippen molar-refractivity contribution in [1.82, 2.24) is 4.90 Å². The third-order valence-corrected chi connectivity index (χ3v) is 4.21. The number of carbonyl (C=O) groups is 2. The SMILES string of the molecule is CCC(C)CCC(=O)N1C(=O)OC(c2ccccc2)C1C. The monoisotopic (exact) mass is 289 g/mol. The molecule has 0 spiro atoms. The molecule has 1 aromatic rings.